The van der Waals surface area contributed by atoms with Gasteiger partial charge in [-0.25, -0.2) is 4.98 Å². The molecule has 0 spiro atoms. The van der Waals surface area contributed by atoms with E-state index < -0.39 is 0 Å². The van der Waals surface area contributed by atoms with E-state index in [0.29, 0.717) is 17.3 Å². The van der Waals surface area contributed by atoms with Gasteiger partial charge in [-0.2, -0.15) is 5.10 Å². The Morgan fingerprint density at radius 1 is 1.11 bits per heavy atom. The number of aromatic nitrogens is 3. The third kappa shape index (κ3) is 2.40. The number of nitrogens with one attached hydrogen (secondary N) is 1. The Bertz CT molecular complexity index is 662. The molecule has 1 aromatic carbocycles. The van der Waals surface area contributed by atoms with E-state index in [4.69, 9.17) is 10.5 Å². The van der Waals surface area contributed by atoms with Crippen molar-refractivity contribution in [3.8, 4) is 22.8 Å². The molecule has 3 rings (SSSR count). The van der Waals surface area contributed by atoms with E-state index in [0.717, 1.165) is 11.1 Å². The van der Waals surface area contributed by atoms with Gasteiger partial charge in [0.25, 0.3) is 0 Å². The molecule has 3 N–H and O–H groups in total. The maximum absolute atomic E-state index is 5.78. The zero-order chi connectivity index (χ0) is 13.1. The molecular formula is C14H12N4O. The van der Waals surface area contributed by atoms with E-state index in [2.05, 4.69) is 15.2 Å². The molecule has 0 unspecified atom stereocenters. The minimum Gasteiger partial charge on any atom is -0.438 e. The molecule has 0 saturated heterocycles. The van der Waals surface area contributed by atoms with Crippen LogP contribution in [0.15, 0.2) is 55.0 Å². The Morgan fingerprint density at radius 2 is 1.95 bits per heavy atom. The summed E-state index contributed by atoms with van der Waals surface area (Å²) in [6.45, 7) is 0. The summed E-state index contributed by atoms with van der Waals surface area (Å²) < 4.78 is 5.78. The largest absolute Gasteiger partial charge is 0.438 e. The van der Waals surface area contributed by atoms with Gasteiger partial charge in [0.2, 0.25) is 5.88 Å². The fraction of sp³-hybridized carbons (Fsp3) is 0. The number of rotatable bonds is 3. The normalized spacial score (nSPS) is 10.3. The van der Waals surface area contributed by atoms with Crippen molar-refractivity contribution in [2.45, 2.75) is 0 Å². The summed E-state index contributed by atoms with van der Waals surface area (Å²) in [7, 11) is 0. The van der Waals surface area contributed by atoms with Gasteiger partial charge in [0.1, 0.15) is 5.75 Å². The monoisotopic (exact) mass is 252 g/mol. The molecule has 19 heavy (non-hydrogen) atoms. The number of benzene rings is 1. The van der Waals surface area contributed by atoms with Crippen LogP contribution in [0.4, 0.5) is 5.69 Å². The highest BCUT2D eigenvalue weighted by molar-refractivity contribution is 5.67. The minimum atomic E-state index is 0.536. The van der Waals surface area contributed by atoms with Gasteiger partial charge < -0.3 is 10.5 Å². The second-order valence-corrected chi connectivity index (χ2v) is 4.01. The van der Waals surface area contributed by atoms with Gasteiger partial charge in [0.05, 0.1) is 6.20 Å². The highest BCUT2D eigenvalue weighted by Gasteiger charge is 2.09. The predicted octanol–water partition coefficient (Wildman–Crippen LogP) is 2.85. The van der Waals surface area contributed by atoms with Crippen LogP contribution in [0.3, 0.4) is 0 Å². The second kappa shape index (κ2) is 4.81. The van der Waals surface area contributed by atoms with Crippen LogP contribution in [0.5, 0.6) is 11.6 Å². The fourth-order valence-corrected chi connectivity index (χ4v) is 1.74. The lowest BCUT2D eigenvalue weighted by Crippen LogP contribution is -1.91. The van der Waals surface area contributed by atoms with Gasteiger partial charge in [0.15, 0.2) is 0 Å². The van der Waals surface area contributed by atoms with Crippen molar-refractivity contribution >= 4 is 5.69 Å². The molecule has 5 heteroatoms. The smallest absolute Gasteiger partial charge is 0.227 e. The second-order valence-electron chi connectivity index (χ2n) is 4.01. The van der Waals surface area contributed by atoms with Crippen molar-refractivity contribution in [1.29, 1.82) is 0 Å². The Labute approximate surface area is 110 Å². The average Bonchev–Trinajstić information content (AvgIpc) is 2.96. The van der Waals surface area contributed by atoms with Gasteiger partial charge in [-0.15, -0.1) is 0 Å². The molecule has 3 aromatic rings. The zero-order valence-corrected chi connectivity index (χ0v) is 10.1. The number of nitrogen functional groups attached to an aromatic ring is 1. The van der Waals surface area contributed by atoms with Gasteiger partial charge >= 0.3 is 0 Å². The number of ether oxygens (including phenoxy) is 1. The summed E-state index contributed by atoms with van der Waals surface area (Å²) >= 11 is 0. The number of hydrogen-bond acceptors (Lipinski definition) is 4. The molecule has 0 amide bonds. The van der Waals surface area contributed by atoms with Crippen molar-refractivity contribution < 1.29 is 4.74 Å². The van der Waals surface area contributed by atoms with Gasteiger partial charge in [-0.3, -0.25) is 5.10 Å². The molecule has 0 radical (unpaired) electrons. The maximum atomic E-state index is 5.78. The van der Waals surface area contributed by atoms with Crippen molar-refractivity contribution in [3.63, 3.8) is 0 Å². The van der Waals surface area contributed by atoms with E-state index >= 15 is 0 Å². The van der Waals surface area contributed by atoms with Crippen molar-refractivity contribution in [3.05, 3.63) is 55.0 Å². The van der Waals surface area contributed by atoms with Crippen LogP contribution < -0.4 is 10.5 Å². The van der Waals surface area contributed by atoms with Gasteiger partial charge in [-0.1, -0.05) is 0 Å². The molecule has 0 atom stereocenters. The highest BCUT2D eigenvalue weighted by Crippen LogP contribution is 2.30. The Morgan fingerprint density at radius 3 is 2.68 bits per heavy atom. The van der Waals surface area contributed by atoms with Gasteiger partial charge in [0, 0.05) is 29.2 Å². The summed E-state index contributed by atoms with van der Waals surface area (Å²) in [5.41, 5.74) is 8.15. The summed E-state index contributed by atoms with van der Waals surface area (Å²) in [4.78, 5) is 4.26. The third-order valence-corrected chi connectivity index (χ3v) is 2.68. The summed E-state index contributed by atoms with van der Waals surface area (Å²) in [6, 6.07) is 11.0. The summed E-state index contributed by atoms with van der Waals surface area (Å²) in [5.74, 6) is 1.23. The number of anilines is 1. The first-order chi connectivity index (χ1) is 9.33. The van der Waals surface area contributed by atoms with Crippen LogP contribution in [0.2, 0.25) is 0 Å². The number of H-pyrrole nitrogens is 1. The van der Waals surface area contributed by atoms with Crippen LogP contribution in [0, 0.1) is 0 Å². The molecule has 0 aliphatic heterocycles. The lowest BCUT2D eigenvalue weighted by molar-refractivity contribution is 0.465. The molecule has 0 saturated carbocycles. The number of pyridine rings is 1. The summed E-state index contributed by atoms with van der Waals surface area (Å²) in [5, 5.41) is 6.71. The molecule has 0 aliphatic rings. The van der Waals surface area contributed by atoms with E-state index in [1.807, 2.05) is 24.3 Å². The number of nitrogens with zero attached hydrogens (tertiary/aromatic N) is 2. The first-order valence-electron chi connectivity index (χ1n) is 5.80. The summed E-state index contributed by atoms with van der Waals surface area (Å²) in [6.07, 6.45) is 5.22. The van der Waals surface area contributed by atoms with E-state index in [1.165, 1.54) is 0 Å². The number of hydrogen-bond donors (Lipinski definition) is 2. The lowest BCUT2D eigenvalue weighted by Gasteiger charge is -2.08. The van der Waals surface area contributed by atoms with Crippen LogP contribution >= 0.6 is 0 Å². The lowest BCUT2D eigenvalue weighted by atomic mass is 10.1. The molecule has 0 aliphatic carbocycles. The molecule has 2 heterocycles. The quantitative estimate of drug-likeness (QED) is 0.703. The topological polar surface area (TPSA) is 76.8 Å². The first-order valence-corrected chi connectivity index (χ1v) is 5.80. The van der Waals surface area contributed by atoms with E-state index in [-0.39, 0.29) is 0 Å². The van der Waals surface area contributed by atoms with Crippen molar-refractivity contribution in [2.75, 3.05) is 5.73 Å². The van der Waals surface area contributed by atoms with Crippen LogP contribution in [-0.4, -0.2) is 15.2 Å². The fourth-order valence-electron chi connectivity index (χ4n) is 1.74. The van der Waals surface area contributed by atoms with Crippen LogP contribution in [0.1, 0.15) is 0 Å². The third-order valence-electron chi connectivity index (χ3n) is 2.68. The Balaban J connectivity index is 1.95. The highest BCUT2D eigenvalue weighted by atomic mass is 16.5. The number of nitrogens with two attached hydrogens (primary N) is 1. The molecular weight excluding hydrogens is 240 g/mol. The standard InChI is InChI=1S/C14H12N4O/c15-11-3-5-12(6-4-11)19-14-13(2-1-7-16-14)10-8-17-18-9-10/h1-9H,15H2,(H,17,18). The van der Waals surface area contributed by atoms with Crippen LogP contribution in [-0.2, 0) is 0 Å². The molecule has 94 valence electrons. The Hall–Kier alpha value is -2.82. The van der Waals surface area contributed by atoms with E-state index in [9.17, 15) is 0 Å². The minimum absolute atomic E-state index is 0.536. The van der Waals surface area contributed by atoms with Gasteiger partial charge in [-0.05, 0) is 36.4 Å². The van der Waals surface area contributed by atoms with E-state index in [1.54, 1.807) is 30.7 Å². The molecule has 0 bridgehead atoms. The zero-order valence-electron chi connectivity index (χ0n) is 10.1. The molecule has 5 nitrogen and oxygen atoms in total. The van der Waals surface area contributed by atoms with Crippen molar-refractivity contribution in [2.24, 2.45) is 0 Å². The van der Waals surface area contributed by atoms with Crippen molar-refractivity contribution in [1.82, 2.24) is 15.2 Å². The number of aromatic amines is 1. The molecule has 2 aromatic heterocycles. The maximum Gasteiger partial charge on any atom is 0.227 e. The SMILES string of the molecule is Nc1ccc(Oc2ncccc2-c2cn[nH]c2)cc1. The van der Waals surface area contributed by atoms with Crippen LogP contribution in [0.25, 0.3) is 11.1 Å². The predicted molar refractivity (Wildman–Crippen MR) is 72.7 cm³/mol. The average molecular weight is 252 g/mol. The first kappa shape index (κ1) is 11.3. The molecule has 0 fully saturated rings. The Kier molecular flexibility index (Phi) is 2.86.